The fourth-order valence-corrected chi connectivity index (χ4v) is 4.67. The molecule has 5 heteroatoms. The quantitative estimate of drug-likeness (QED) is 0.339. The number of carboxylic acid groups (broad SMARTS) is 1. The van der Waals surface area contributed by atoms with Crippen LogP contribution in [-0.4, -0.2) is 22.1 Å². The predicted molar refractivity (Wildman–Crippen MR) is 138 cm³/mol. The molecule has 5 rings (SSSR count). The predicted octanol–water partition coefficient (Wildman–Crippen LogP) is 6.24. The molecule has 0 radical (unpaired) electrons. The summed E-state index contributed by atoms with van der Waals surface area (Å²) in [5, 5.41) is 12.8. The Hall–Kier alpha value is -4.12. The molecule has 0 saturated heterocycles. The van der Waals surface area contributed by atoms with E-state index in [1.165, 1.54) is 28.4 Å². The number of fused-ring (bicyclic) bond motifs is 1. The summed E-state index contributed by atoms with van der Waals surface area (Å²) in [5.41, 5.74) is 6.90. The van der Waals surface area contributed by atoms with E-state index in [1.54, 1.807) is 12.1 Å². The minimum atomic E-state index is -1.04. The third-order valence-electron chi connectivity index (χ3n) is 6.61. The fraction of sp³-hybridized carbons (Fsp3) is 0.200. The maximum absolute atomic E-state index is 11.1. The van der Waals surface area contributed by atoms with Crippen molar-refractivity contribution in [3.63, 3.8) is 0 Å². The Morgan fingerprint density at radius 1 is 0.971 bits per heavy atom. The minimum Gasteiger partial charge on any atom is -0.487 e. The summed E-state index contributed by atoms with van der Waals surface area (Å²) in [5.74, 6) is 0.217. The average Bonchev–Trinajstić information content (AvgIpc) is 2.88. The third kappa shape index (κ3) is 5.35. The van der Waals surface area contributed by atoms with Crippen LogP contribution >= 0.6 is 0 Å². The van der Waals surface area contributed by atoms with E-state index >= 15 is 0 Å². The lowest BCUT2D eigenvalue weighted by Crippen LogP contribution is -2.33. The number of benzene rings is 3. The van der Waals surface area contributed by atoms with Gasteiger partial charge in [-0.25, -0.2) is 9.78 Å². The molecule has 2 atom stereocenters. The number of nitrogens with one attached hydrogen (secondary N) is 1. The van der Waals surface area contributed by atoms with Crippen molar-refractivity contribution >= 4 is 11.7 Å². The standard InChI is InChI=1S/C30H28N2O3/c1-20-25(18-24-7-2-3-10-28(24)31-20)17-21-6-4-8-23(16-21)22-12-14-27(15-13-22)35-19-26-9-5-11-29(32-26)30(33)34/h2-16,20,25,31H,17-19H2,1H3,(H,33,34). The molecular weight excluding hydrogens is 436 g/mol. The van der Waals surface area contributed by atoms with Gasteiger partial charge in [-0.05, 0) is 78.3 Å². The Kier molecular flexibility index (Phi) is 6.49. The van der Waals surface area contributed by atoms with Crippen molar-refractivity contribution in [3.05, 3.63) is 114 Å². The van der Waals surface area contributed by atoms with Crippen molar-refractivity contribution in [1.82, 2.24) is 4.98 Å². The molecule has 2 heterocycles. The van der Waals surface area contributed by atoms with E-state index in [2.05, 4.69) is 77.9 Å². The lowest BCUT2D eigenvalue weighted by Gasteiger charge is -2.32. The monoisotopic (exact) mass is 464 g/mol. The minimum absolute atomic E-state index is 0.0175. The summed E-state index contributed by atoms with van der Waals surface area (Å²) in [6.07, 6.45) is 2.12. The molecule has 0 amide bonds. The number of hydrogen-bond donors (Lipinski definition) is 2. The number of aromatic nitrogens is 1. The van der Waals surface area contributed by atoms with E-state index in [0.29, 0.717) is 23.4 Å². The Morgan fingerprint density at radius 3 is 2.60 bits per heavy atom. The second kappa shape index (κ2) is 10.0. The summed E-state index contributed by atoms with van der Waals surface area (Å²) in [6, 6.07) is 30.7. The molecule has 0 aliphatic carbocycles. The normalized spacial score (nSPS) is 16.7. The van der Waals surface area contributed by atoms with Crippen LogP contribution in [0.3, 0.4) is 0 Å². The highest BCUT2D eigenvalue weighted by Gasteiger charge is 2.24. The van der Waals surface area contributed by atoms with Crippen molar-refractivity contribution in [1.29, 1.82) is 0 Å². The van der Waals surface area contributed by atoms with Crippen molar-refractivity contribution < 1.29 is 14.6 Å². The van der Waals surface area contributed by atoms with Crippen LogP contribution in [0.15, 0.2) is 91.0 Å². The molecule has 0 bridgehead atoms. The molecule has 3 aromatic carbocycles. The van der Waals surface area contributed by atoms with Crippen LogP contribution in [0.1, 0.15) is 34.2 Å². The van der Waals surface area contributed by atoms with Gasteiger partial charge in [0, 0.05) is 11.7 Å². The molecule has 4 aromatic rings. The Labute approximate surface area is 205 Å². The fourth-order valence-electron chi connectivity index (χ4n) is 4.67. The van der Waals surface area contributed by atoms with Gasteiger partial charge >= 0.3 is 5.97 Å². The summed E-state index contributed by atoms with van der Waals surface area (Å²) < 4.78 is 5.82. The third-order valence-corrected chi connectivity index (χ3v) is 6.61. The maximum Gasteiger partial charge on any atom is 0.354 e. The van der Waals surface area contributed by atoms with Gasteiger partial charge in [-0.15, -0.1) is 0 Å². The molecule has 35 heavy (non-hydrogen) atoms. The molecule has 2 N–H and O–H groups in total. The molecule has 176 valence electrons. The number of anilines is 1. The van der Waals surface area contributed by atoms with E-state index in [-0.39, 0.29) is 12.3 Å². The van der Waals surface area contributed by atoms with Gasteiger partial charge in [-0.2, -0.15) is 0 Å². The first-order valence-corrected chi connectivity index (χ1v) is 11.9. The number of pyridine rings is 1. The maximum atomic E-state index is 11.1. The number of rotatable bonds is 7. The van der Waals surface area contributed by atoms with Crippen LogP contribution in [0.2, 0.25) is 0 Å². The van der Waals surface area contributed by atoms with Crippen molar-refractivity contribution in [2.45, 2.75) is 32.4 Å². The number of nitrogens with zero attached hydrogens (tertiary/aromatic N) is 1. The zero-order chi connectivity index (χ0) is 24.2. The zero-order valence-electron chi connectivity index (χ0n) is 19.6. The lowest BCUT2D eigenvalue weighted by atomic mass is 9.83. The van der Waals surface area contributed by atoms with Crippen LogP contribution in [0.5, 0.6) is 5.75 Å². The summed E-state index contributed by atoms with van der Waals surface area (Å²) in [6.45, 7) is 2.49. The van der Waals surface area contributed by atoms with Crippen molar-refractivity contribution in [3.8, 4) is 16.9 Å². The van der Waals surface area contributed by atoms with Gasteiger partial charge in [0.25, 0.3) is 0 Å². The van der Waals surface area contributed by atoms with Crippen LogP contribution in [0, 0.1) is 5.92 Å². The molecule has 1 aromatic heterocycles. The molecule has 2 unspecified atom stereocenters. The number of carboxylic acids is 1. The highest BCUT2D eigenvalue weighted by Crippen LogP contribution is 2.31. The van der Waals surface area contributed by atoms with Gasteiger partial charge in [-0.1, -0.05) is 60.7 Å². The van der Waals surface area contributed by atoms with Crippen LogP contribution in [0.25, 0.3) is 11.1 Å². The molecule has 1 aliphatic rings. The Balaban J connectivity index is 1.24. The number of ether oxygens (including phenoxy) is 1. The second-order valence-corrected chi connectivity index (χ2v) is 9.09. The molecule has 5 nitrogen and oxygen atoms in total. The first-order valence-electron chi connectivity index (χ1n) is 11.9. The largest absolute Gasteiger partial charge is 0.487 e. The highest BCUT2D eigenvalue weighted by atomic mass is 16.5. The number of para-hydroxylation sites is 1. The topological polar surface area (TPSA) is 71.5 Å². The van der Waals surface area contributed by atoms with E-state index in [4.69, 9.17) is 9.84 Å². The Morgan fingerprint density at radius 2 is 1.77 bits per heavy atom. The second-order valence-electron chi connectivity index (χ2n) is 9.09. The summed E-state index contributed by atoms with van der Waals surface area (Å²) >= 11 is 0. The molecule has 0 spiro atoms. The van der Waals surface area contributed by atoms with Gasteiger partial charge in [0.1, 0.15) is 18.1 Å². The van der Waals surface area contributed by atoms with Crippen LogP contribution in [-0.2, 0) is 19.4 Å². The van der Waals surface area contributed by atoms with E-state index in [9.17, 15) is 4.79 Å². The van der Waals surface area contributed by atoms with E-state index in [0.717, 1.165) is 18.4 Å². The number of aromatic carboxylic acids is 1. The Bertz CT molecular complexity index is 1330. The van der Waals surface area contributed by atoms with Crippen LogP contribution in [0.4, 0.5) is 5.69 Å². The van der Waals surface area contributed by atoms with Gasteiger partial charge in [-0.3, -0.25) is 0 Å². The van der Waals surface area contributed by atoms with E-state index in [1.807, 2.05) is 12.1 Å². The van der Waals surface area contributed by atoms with Crippen molar-refractivity contribution in [2.75, 3.05) is 5.32 Å². The average molecular weight is 465 g/mol. The summed E-state index contributed by atoms with van der Waals surface area (Å²) in [4.78, 5) is 15.2. The first-order chi connectivity index (χ1) is 17.0. The van der Waals surface area contributed by atoms with Gasteiger partial charge in [0.05, 0.1) is 5.69 Å². The highest BCUT2D eigenvalue weighted by molar-refractivity contribution is 5.85. The molecular formula is C30H28N2O3. The van der Waals surface area contributed by atoms with Gasteiger partial charge in [0.15, 0.2) is 0 Å². The first kappa shape index (κ1) is 22.7. The summed E-state index contributed by atoms with van der Waals surface area (Å²) in [7, 11) is 0. The molecule has 0 saturated carbocycles. The number of carbonyl (C=O) groups is 1. The SMILES string of the molecule is CC1Nc2ccccc2CC1Cc1cccc(-c2ccc(OCc3cccc(C(=O)O)n3)cc2)c1. The molecule has 0 fully saturated rings. The number of hydrogen-bond acceptors (Lipinski definition) is 4. The van der Waals surface area contributed by atoms with Gasteiger partial charge < -0.3 is 15.2 Å². The van der Waals surface area contributed by atoms with Crippen LogP contribution < -0.4 is 10.1 Å². The van der Waals surface area contributed by atoms with E-state index < -0.39 is 5.97 Å². The van der Waals surface area contributed by atoms with Gasteiger partial charge in [0.2, 0.25) is 0 Å². The molecule has 1 aliphatic heterocycles. The smallest absolute Gasteiger partial charge is 0.354 e. The van der Waals surface area contributed by atoms with Crippen molar-refractivity contribution in [2.24, 2.45) is 5.92 Å². The lowest BCUT2D eigenvalue weighted by molar-refractivity contribution is 0.0690. The zero-order valence-corrected chi connectivity index (χ0v) is 19.6.